The molecule has 7 aromatic rings. The highest BCUT2D eigenvalue weighted by molar-refractivity contribution is 7.19. The second kappa shape index (κ2) is 18.4. The van der Waals surface area contributed by atoms with Gasteiger partial charge in [0.15, 0.2) is 0 Å². The molecule has 0 saturated carbocycles. The number of nitrogens with zero attached hydrogens (tertiary/aromatic N) is 4. The van der Waals surface area contributed by atoms with Crippen molar-refractivity contribution in [3.05, 3.63) is 95.3 Å². The first-order chi connectivity index (χ1) is 27.0. The number of aromatic nitrogens is 4. The average molecular weight is 785 g/mol. The maximum Gasteiger partial charge on any atom is 0.116 e. The van der Waals surface area contributed by atoms with Gasteiger partial charge in [-0.15, -0.1) is 22.7 Å². The smallest absolute Gasteiger partial charge is 0.116 e. The highest BCUT2D eigenvalue weighted by atomic mass is 32.1. The van der Waals surface area contributed by atoms with Gasteiger partial charge in [0.2, 0.25) is 0 Å². The van der Waals surface area contributed by atoms with E-state index >= 15 is 0 Å². The Balaban J connectivity index is 1.25. The van der Waals surface area contributed by atoms with E-state index in [1.54, 1.807) is 0 Å². The van der Waals surface area contributed by atoms with Crippen molar-refractivity contribution in [2.24, 2.45) is 11.8 Å². The number of fused-ring (bicyclic) bond motifs is 2. The van der Waals surface area contributed by atoms with Crippen LogP contribution >= 0.6 is 34.4 Å². The molecule has 4 aromatic heterocycles. The fourth-order valence-corrected chi connectivity index (χ4v) is 10.7. The fourth-order valence-electron chi connectivity index (χ4n) is 8.05. The van der Waals surface area contributed by atoms with Crippen LogP contribution in [0.2, 0.25) is 0 Å². The summed E-state index contributed by atoms with van der Waals surface area (Å²) >= 11 is 4.92. The average Bonchev–Trinajstić information content (AvgIpc) is 4.02. The van der Waals surface area contributed by atoms with E-state index in [2.05, 4.69) is 114 Å². The van der Waals surface area contributed by atoms with Crippen LogP contribution in [0.25, 0.3) is 63.8 Å². The van der Waals surface area contributed by atoms with Crippen LogP contribution in [0, 0.1) is 11.8 Å². The fraction of sp³-hybridized carbons (Fsp3) is 0.417. The van der Waals surface area contributed by atoms with Crippen molar-refractivity contribution in [2.75, 3.05) is 0 Å². The minimum Gasteiger partial charge on any atom is -0.249 e. The minimum absolute atomic E-state index is 0.762. The molecule has 2 unspecified atom stereocenters. The van der Waals surface area contributed by atoms with Gasteiger partial charge in [0.1, 0.15) is 22.1 Å². The summed E-state index contributed by atoms with van der Waals surface area (Å²) < 4.78 is 9.96. The molecule has 7 rings (SSSR count). The highest BCUT2D eigenvalue weighted by Crippen LogP contribution is 2.47. The molecular weight excluding hydrogens is 729 g/mol. The van der Waals surface area contributed by atoms with Gasteiger partial charge in [-0.05, 0) is 84.0 Å². The van der Waals surface area contributed by atoms with Gasteiger partial charge >= 0.3 is 0 Å². The maximum absolute atomic E-state index is 5.42. The Labute approximate surface area is 340 Å². The van der Waals surface area contributed by atoms with E-state index in [-0.39, 0.29) is 0 Å². The lowest BCUT2D eigenvalue weighted by molar-refractivity contribution is 0.449. The number of benzene rings is 3. The molecule has 0 aliphatic carbocycles. The van der Waals surface area contributed by atoms with Crippen LogP contribution in [0.15, 0.2) is 72.8 Å². The van der Waals surface area contributed by atoms with Gasteiger partial charge in [0, 0.05) is 30.6 Å². The molecule has 4 nitrogen and oxygen atoms in total. The van der Waals surface area contributed by atoms with Crippen LogP contribution in [-0.2, 0) is 25.7 Å². The van der Waals surface area contributed by atoms with E-state index in [9.17, 15) is 0 Å². The summed E-state index contributed by atoms with van der Waals surface area (Å²) in [5, 5.41) is 0. The van der Waals surface area contributed by atoms with Crippen LogP contribution in [0.3, 0.4) is 0 Å². The normalized spacial score (nSPS) is 12.9. The number of hydrogen-bond donors (Lipinski definition) is 0. The van der Waals surface area contributed by atoms with E-state index in [1.165, 1.54) is 95.1 Å². The molecule has 0 bridgehead atoms. The van der Waals surface area contributed by atoms with Crippen LogP contribution in [0.5, 0.6) is 0 Å². The zero-order valence-electron chi connectivity index (χ0n) is 33.6. The monoisotopic (exact) mass is 784 g/mol. The van der Waals surface area contributed by atoms with Gasteiger partial charge in [0.25, 0.3) is 0 Å². The largest absolute Gasteiger partial charge is 0.249 e. The third-order valence-electron chi connectivity index (χ3n) is 11.5. The highest BCUT2D eigenvalue weighted by Gasteiger charge is 2.25. The van der Waals surface area contributed by atoms with Crippen LogP contribution in [-0.4, -0.2) is 18.7 Å². The molecule has 2 atom stereocenters. The van der Waals surface area contributed by atoms with E-state index in [4.69, 9.17) is 18.7 Å². The van der Waals surface area contributed by atoms with Gasteiger partial charge < -0.3 is 0 Å². The Kier molecular flexibility index (Phi) is 13.2. The predicted molar refractivity (Wildman–Crippen MR) is 241 cm³/mol. The third kappa shape index (κ3) is 8.65. The molecule has 0 spiro atoms. The molecule has 4 heterocycles. The van der Waals surface area contributed by atoms with Gasteiger partial charge in [0.05, 0.1) is 23.1 Å². The minimum atomic E-state index is 0.762. The molecule has 0 saturated heterocycles. The molecule has 0 aliphatic heterocycles. The van der Waals surface area contributed by atoms with Crippen molar-refractivity contribution in [1.29, 1.82) is 0 Å². The van der Waals surface area contributed by atoms with Crippen LogP contribution in [0.1, 0.15) is 115 Å². The Morgan fingerprint density at radius 1 is 0.473 bits per heavy atom. The molecule has 0 amide bonds. The van der Waals surface area contributed by atoms with Gasteiger partial charge in [-0.1, -0.05) is 141 Å². The molecule has 0 fully saturated rings. The first-order valence-electron chi connectivity index (χ1n) is 20.8. The summed E-state index contributed by atoms with van der Waals surface area (Å²) in [4.78, 5) is 15.7. The predicted octanol–water partition coefficient (Wildman–Crippen LogP) is 15.1. The second-order valence-corrected chi connectivity index (χ2v) is 17.9. The molecule has 0 aliphatic rings. The third-order valence-corrected chi connectivity index (χ3v) is 14.3. The number of aryl methyl sites for hydroxylation is 2. The zero-order chi connectivity index (χ0) is 38.3. The summed E-state index contributed by atoms with van der Waals surface area (Å²) in [6, 6.07) is 27.6. The summed E-state index contributed by atoms with van der Waals surface area (Å²) in [7, 11) is 0. The summed E-state index contributed by atoms with van der Waals surface area (Å²) in [6.07, 6.45) is 14.3. The molecule has 55 heavy (non-hydrogen) atoms. The van der Waals surface area contributed by atoms with Crippen LogP contribution in [0.4, 0.5) is 0 Å². The molecular formula is C48H56N4S3. The van der Waals surface area contributed by atoms with Crippen molar-refractivity contribution >= 4 is 56.5 Å². The number of thiophene rings is 2. The first-order valence-corrected chi connectivity index (χ1v) is 23.2. The summed E-state index contributed by atoms with van der Waals surface area (Å²) in [6.45, 7) is 13.6. The standard InChI is InChI=1S/C48H56N4S3/c1-7-13-15-31(9-3)29-33-17-21-35(22-18-33)39-25-27-41(53-39)43-45-46(50-38(12-6)37(11-5)49-45)44(48-47(43)51-55-52-48)42-28-26-40(54-42)36-23-19-34(20-24-36)30-32(10-4)16-14-8-2/h17-28,31-32H,7-16,29-30H2,1-6H3. The molecule has 7 heteroatoms. The van der Waals surface area contributed by atoms with Crippen molar-refractivity contribution in [1.82, 2.24) is 18.7 Å². The quantitative estimate of drug-likeness (QED) is 0.0869. The van der Waals surface area contributed by atoms with Crippen molar-refractivity contribution < 1.29 is 0 Å². The number of unbranched alkanes of at least 4 members (excludes halogenated alkanes) is 2. The lowest BCUT2D eigenvalue weighted by atomic mass is 9.91. The second-order valence-electron chi connectivity index (χ2n) is 15.2. The lowest BCUT2D eigenvalue weighted by Gasteiger charge is -2.14. The Morgan fingerprint density at radius 3 is 1.24 bits per heavy atom. The molecule has 0 N–H and O–H groups in total. The SMILES string of the molecule is CCCCC(CC)Cc1ccc(-c2ccc(-c3c4nsnc4c(-c4ccc(-c5ccc(CC(CC)CCCC)cc5)s4)c4nc(CC)c(CC)nc34)s2)cc1. The molecule has 3 aromatic carbocycles. The Bertz CT molecular complexity index is 2150. The number of hydrogen-bond acceptors (Lipinski definition) is 7. The molecule has 286 valence electrons. The Morgan fingerprint density at radius 2 is 0.873 bits per heavy atom. The molecule has 0 radical (unpaired) electrons. The van der Waals surface area contributed by atoms with Crippen LogP contribution < -0.4 is 0 Å². The summed E-state index contributed by atoms with van der Waals surface area (Å²) in [5.41, 5.74) is 13.3. The number of rotatable bonds is 18. The van der Waals surface area contributed by atoms with E-state index in [1.807, 2.05) is 22.7 Å². The van der Waals surface area contributed by atoms with E-state index in [0.717, 1.165) is 91.9 Å². The summed E-state index contributed by atoms with van der Waals surface area (Å²) in [5.74, 6) is 1.52. The van der Waals surface area contributed by atoms with Crippen molar-refractivity contribution in [3.63, 3.8) is 0 Å². The van der Waals surface area contributed by atoms with E-state index < -0.39 is 0 Å². The van der Waals surface area contributed by atoms with E-state index in [0.29, 0.717) is 0 Å². The van der Waals surface area contributed by atoms with Gasteiger partial charge in [-0.2, -0.15) is 8.75 Å². The van der Waals surface area contributed by atoms with Crippen molar-refractivity contribution in [2.45, 2.75) is 119 Å². The van der Waals surface area contributed by atoms with Gasteiger partial charge in [-0.25, -0.2) is 9.97 Å². The van der Waals surface area contributed by atoms with Gasteiger partial charge in [-0.3, -0.25) is 0 Å². The first kappa shape index (κ1) is 39.5. The lowest BCUT2D eigenvalue weighted by Crippen LogP contribution is -2.03. The Hall–Kier alpha value is -3.78. The zero-order valence-corrected chi connectivity index (χ0v) is 36.0. The topological polar surface area (TPSA) is 51.6 Å². The van der Waals surface area contributed by atoms with Crippen molar-refractivity contribution in [3.8, 4) is 41.8 Å². The maximum atomic E-state index is 5.42.